The maximum Gasteiger partial charge on any atom is 0.412 e. The fourth-order valence-electron chi connectivity index (χ4n) is 2.41. The van der Waals surface area contributed by atoms with Gasteiger partial charge < -0.3 is 5.73 Å². The number of rotatable bonds is 5. The van der Waals surface area contributed by atoms with E-state index in [1.807, 2.05) is 0 Å². The molecular formula is C13H23F3N2. The molecule has 0 spiro atoms. The molecule has 0 unspecified atom stereocenters. The Morgan fingerprint density at radius 3 is 2.22 bits per heavy atom. The molecule has 5 heteroatoms. The summed E-state index contributed by atoms with van der Waals surface area (Å²) in [6, 6.07) is 0. The standard InChI is InChI=1S/C13H23F3N2/c1-3-12(4-2,9-17)10-18-7-5-11(6-8-18)13(14,15)16/h5H,3-4,6-10,17H2,1-2H3. The molecule has 0 radical (unpaired) electrons. The number of hydrogen-bond donors (Lipinski definition) is 1. The van der Waals surface area contributed by atoms with Gasteiger partial charge in [-0.25, -0.2) is 0 Å². The Labute approximate surface area is 107 Å². The quantitative estimate of drug-likeness (QED) is 0.774. The number of alkyl halides is 3. The molecule has 0 saturated heterocycles. The zero-order valence-electron chi connectivity index (χ0n) is 11.2. The van der Waals surface area contributed by atoms with Crippen LogP contribution in [0.4, 0.5) is 13.2 Å². The van der Waals surface area contributed by atoms with Gasteiger partial charge in [-0.3, -0.25) is 4.90 Å². The highest BCUT2D eigenvalue weighted by molar-refractivity contribution is 5.13. The first-order chi connectivity index (χ1) is 8.37. The molecule has 1 rings (SSSR count). The average molecular weight is 264 g/mol. The Morgan fingerprint density at radius 2 is 1.89 bits per heavy atom. The molecule has 18 heavy (non-hydrogen) atoms. The van der Waals surface area contributed by atoms with Crippen molar-refractivity contribution in [2.24, 2.45) is 11.1 Å². The minimum atomic E-state index is -4.16. The molecule has 0 atom stereocenters. The van der Waals surface area contributed by atoms with E-state index in [4.69, 9.17) is 5.73 Å². The van der Waals surface area contributed by atoms with Crippen LogP contribution in [-0.2, 0) is 0 Å². The largest absolute Gasteiger partial charge is 0.412 e. The molecule has 0 aliphatic carbocycles. The zero-order chi connectivity index (χ0) is 13.8. The van der Waals surface area contributed by atoms with Gasteiger partial charge in [0.2, 0.25) is 0 Å². The van der Waals surface area contributed by atoms with Crippen LogP contribution in [0.3, 0.4) is 0 Å². The molecule has 0 aromatic carbocycles. The Morgan fingerprint density at radius 1 is 1.28 bits per heavy atom. The minimum Gasteiger partial charge on any atom is -0.330 e. The molecule has 1 heterocycles. The number of hydrogen-bond acceptors (Lipinski definition) is 2. The van der Waals surface area contributed by atoms with Crippen LogP contribution in [0.5, 0.6) is 0 Å². The molecule has 0 aromatic heterocycles. The van der Waals surface area contributed by atoms with Crippen molar-refractivity contribution in [2.45, 2.75) is 39.3 Å². The second-order valence-electron chi connectivity index (χ2n) is 5.12. The molecule has 2 N–H and O–H groups in total. The second-order valence-corrected chi connectivity index (χ2v) is 5.12. The summed E-state index contributed by atoms with van der Waals surface area (Å²) in [5.41, 5.74) is 5.48. The average Bonchev–Trinajstić information content (AvgIpc) is 2.36. The monoisotopic (exact) mass is 264 g/mol. The first-order valence-electron chi connectivity index (χ1n) is 6.55. The van der Waals surface area contributed by atoms with Crippen molar-refractivity contribution in [2.75, 3.05) is 26.2 Å². The van der Waals surface area contributed by atoms with Gasteiger partial charge in [0.25, 0.3) is 0 Å². The molecule has 0 bridgehead atoms. The van der Waals surface area contributed by atoms with E-state index in [0.29, 0.717) is 19.6 Å². The van der Waals surface area contributed by atoms with E-state index in [2.05, 4.69) is 18.7 Å². The Hall–Kier alpha value is -0.550. The van der Waals surface area contributed by atoms with Crippen molar-refractivity contribution >= 4 is 0 Å². The third kappa shape index (κ3) is 3.72. The number of halogens is 3. The lowest BCUT2D eigenvalue weighted by molar-refractivity contribution is -0.0963. The van der Waals surface area contributed by atoms with Gasteiger partial charge in [-0.05, 0) is 31.2 Å². The number of nitrogens with zero attached hydrogens (tertiary/aromatic N) is 1. The summed E-state index contributed by atoms with van der Waals surface area (Å²) in [4.78, 5) is 2.08. The summed E-state index contributed by atoms with van der Waals surface area (Å²) in [7, 11) is 0. The van der Waals surface area contributed by atoms with E-state index in [1.165, 1.54) is 6.08 Å². The van der Waals surface area contributed by atoms with Gasteiger partial charge in [-0.15, -0.1) is 0 Å². The van der Waals surface area contributed by atoms with Crippen LogP contribution >= 0.6 is 0 Å². The third-order valence-corrected chi connectivity index (χ3v) is 4.15. The van der Waals surface area contributed by atoms with Gasteiger partial charge in [0, 0.05) is 25.2 Å². The highest BCUT2D eigenvalue weighted by atomic mass is 19.4. The summed E-state index contributed by atoms with van der Waals surface area (Å²) < 4.78 is 37.5. The summed E-state index contributed by atoms with van der Waals surface area (Å²) in [6.07, 6.45) is -0.821. The molecule has 0 fully saturated rings. The van der Waals surface area contributed by atoms with E-state index in [-0.39, 0.29) is 17.4 Å². The van der Waals surface area contributed by atoms with Crippen LogP contribution in [0, 0.1) is 5.41 Å². The lowest BCUT2D eigenvalue weighted by atomic mass is 9.81. The fraction of sp³-hybridized carbons (Fsp3) is 0.846. The van der Waals surface area contributed by atoms with Crippen molar-refractivity contribution < 1.29 is 13.2 Å². The second kappa shape index (κ2) is 6.06. The van der Waals surface area contributed by atoms with E-state index in [9.17, 15) is 13.2 Å². The predicted molar refractivity (Wildman–Crippen MR) is 67.3 cm³/mol. The van der Waals surface area contributed by atoms with Gasteiger partial charge in [0.05, 0.1) is 0 Å². The van der Waals surface area contributed by atoms with Gasteiger partial charge in [0.1, 0.15) is 0 Å². The maximum atomic E-state index is 12.5. The van der Waals surface area contributed by atoms with E-state index in [0.717, 1.165) is 19.4 Å². The van der Waals surface area contributed by atoms with E-state index in [1.54, 1.807) is 0 Å². The van der Waals surface area contributed by atoms with Crippen molar-refractivity contribution in [3.05, 3.63) is 11.6 Å². The van der Waals surface area contributed by atoms with Crippen molar-refractivity contribution in [1.82, 2.24) is 4.90 Å². The summed E-state index contributed by atoms with van der Waals surface area (Å²) in [5.74, 6) is 0. The molecule has 2 nitrogen and oxygen atoms in total. The van der Waals surface area contributed by atoms with Gasteiger partial charge in [-0.1, -0.05) is 19.9 Å². The molecule has 106 valence electrons. The molecule has 1 aliphatic rings. The lowest BCUT2D eigenvalue weighted by Crippen LogP contribution is -2.44. The van der Waals surface area contributed by atoms with Crippen LogP contribution in [0.15, 0.2) is 11.6 Å². The summed E-state index contributed by atoms with van der Waals surface area (Å²) in [5, 5.41) is 0. The SMILES string of the molecule is CCC(CC)(CN)CN1CC=C(C(F)(F)F)CC1. The highest BCUT2D eigenvalue weighted by Crippen LogP contribution is 2.32. The normalized spacial score (nSPS) is 18.9. The highest BCUT2D eigenvalue weighted by Gasteiger charge is 2.36. The predicted octanol–water partition coefficient (Wildman–Crippen LogP) is 2.95. The van der Waals surface area contributed by atoms with Gasteiger partial charge >= 0.3 is 6.18 Å². The molecular weight excluding hydrogens is 241 g/mol. The third-order valence-electron chi connectivity index (χ3n) is 4.15. The fourth-order valence-corrected chi connectivity index (χ4v) is 2.41. The molecule has 0 amide bonds. The van der Waals surface area contributed by atoms with Crippen molar-refractivity contribution in [3.8, 4) is 0 Å². The molecule has 0 aromatic rings. The zero-order valence-corrected chi connectivity index (χ0v) is 11.2. The number of nitrogens with two attached hydrogens (primary N) is 1. The maximum absolute atomic E-state index is 12.5. The van der Waals surface area contributed by atoms with Crippen LogP contribution in [-0.4, -0.2) is 37.3 Å². The summed E-state index contributed by atoms with van der Waals surface area (Å²) >= 11 is 0. The van der Waals surface area contributed by atoms with Gasteiger partial charge in [-0.2, -0.15) is 13.2 Å². The Bertz CT molecular complexity index is 285. The molecule has 0 saturated carbocycles. The smallest absolute Gasteiger partial charge is 0.330 e. The molecule has 1 aliphatic heterocycles. The first kappa shape index (κ1) is 15.5. The topological polar surface area (TPSA) is 29.3 Å². The first-order valence-corrected chi connectivity index (χ1v) is 6.55. The minimum absolute atomic E-state index is 0.0452. The lowest BCUT2D eigenvalue weighted by Gasteiger charge is -2.37. The van der Waals surface area contributed by atoms with Crippen LogP contribution in [0.1, 0.15) is 33.1 Å². The van der Waals surface area contributed by atoms with Crippen molar-refractivity contribution in [3.63, 3.8) is 0 Å². The van der Waals surface area contributed by atoms with E-state index < -0.39 is 6.18 Å². The van der Waals surface area contributed by atoms with Crippen LogP contribution in [0.25, 0.3) is 0 Å². The Kier molecular flexibility index (Phi) is 5.22. The van der Waals surface area contributed by atoms with Crippen LogP contribution in [0.2, 0.25) is 0 Å². The van der Waals surface area contributed by atoms with E-state index >= 15 is 0 Å². The Balaban J connectivity index is 2.61. The van der Waals surface area contributed by atoms with Gasteiger partial charge in [0.15, 0.2) is 0 Å². The summed E-state index contributed by atoms with van der Waals surface area (Å²) in [6.45, 7) is 6.43. The van der Waals surface area contributed by atoms with Crippen LogP contribution < -0.4 is 5.73 Å². The van der Waals surface area contributed by atoms with Crippen molar-refractivity contribution in [1.29, 1.82) is 0 Å².